The number of hydrogen-bond donors (Lipinski definition) is 1. The SMILES string of the molecule is CCC(O)c1c(-c2ccccc2)c(-c2ccccc2)c(Br)p1-c1ccccc1. The lowest BCUT2D eigenvalue weighted by Crippen LogP contribution is -1.95. The first-order chi connectivity index (χ1) is 13.7. The van der Waals surface area contributed by atoms with Gasteiger partial charge in [-0.15, -0.1) is 0 Å². The van der Waals surface area contributed by atoms with Crippen LogP contribution in [-0.4, -0.2) is 5.11 Å². The smallest absolute Gasteiger partial charge is 0.0833 e. The molecule has 1 aromatic heterocycles. The largest absolute Gasteiger partial charge is 0.388 e. The van der Waals surface area contributed by atoms with Gasteiger partial charge in [0.2, 0.25) is 0 Å². The Hall–Kier alpha value is -2.12. The van der Waals surface area contributed by atoms with E-state index in [2.05, 4.69) is 88.7 Å². The van der Waals surface area contributed by atoms with Crippen LogP contribution in [0.1, 0.15) is 24.7 Å². The summed E-state index contributed by atoms with van der Waals surface area (Å²) in [5, 5.41) is 13.5. The molecule has 2 atom stereocenters. The third-order valence-corrected chi connectivity index (χ3v) is 8.89. The van der Waals surface area contributed by atoms with E-state index in [0.29, 0.717) is 6.42 Å². The molecule has 0 fully saturated rings. The molecule has 4 rings (SSSR count). The van der Waals surface area contributed by atoms with Crippen LogP contribution in [0.2, 0.25) is 0 Å². The zero-order valence-corrected chi connectivity index (χ0v) is 18.2. The van der Waals surface area contributed by atoms with Gasteiger partial charge < -0.3 is 5.11 Å². The summed E-state index contributed by atoms with van der Waals surface area (Å²) in [6, 6.07) is 31.5. The Labute approximate surface area is 175 Å². The number of benzene rings is 3. The Morgan fingerprint density at radius 2 is 1.21 bits per heavy atom. The molecule has 0 aliphatic heterocycles. The Morgan fingerprint density at radius 3 is 1.71 bits per heavy atom. The summed E-state index contributed by atoms with van der Waals surface area (Å²) in [5.74, 6) is 0. The van der Waals surface area contributed by atoms with Gasteiger partial charge >= 0.3 is 0 Å². The van der Waals surface area contributed by atoms with E-state index in [1.807, 2.05) is 25.1 Å². The summed E-state index contributed by atoms with van der Waals surface area (Å²) in [5.41, 5.74) is 4.70. The van der Waals surface area contributed by atoms with Crippen LogP contribution in [0, 0.1) is 0 Å². The van der Waals surface area contributed by atoms with E-state index in [1.54, 1.807) is 0 Å². The molecule has 0 amide bonds. The molecule has 28 heavy (non-hydrogen) atoms. The fourth-order valence-electron chi connectivity index (χ4n) is 3.66. The van der Waals surface area contributed by atoms with Gasteiger partial charge in [-0.1, -0.05) is 105 Å². The summed E-state index contributed by atoms with van der Waals surface area (Å²) in [6.45, 7) is 2.05. The summed E-state index contributed by atoms with van der Waals surface area (Å²) in [4.78, 5) is 0. The van der Waals surface area contributed by atoms with Gasteiger partial charge in [-0.25, -0.2) is 0 Å². The minimum absolute atomic E-state index is 0.477. The standard InChI is InChI=1S/C25H22BrOP/c1-2-21(27)24-22(18-12-6-3-7-13-18)23(19-14-8-4-9-15-19)25(26)28(24)20-16-10-5-11-17-20/h3-17,21,27H,2H2,1H3. The predicted octanol–water partition coefficient (Wildman–Crippen LogP) is 8.20. The fraction of sp³-hybridized carbons (Fsp3) is 0.120. The second kappa shape index (κ2) is 8.49. The van der Waals surface area contributed by atoms with Crippen molar-refractivity contribution in [2.75, 3.05) is 0 Å². The van der Waals surface area contributed by atoms with Gasteiger partial charge in [0.1, 0.15) is 0 Å². The van der Waals surface area contributed by atoms with Crippen molar-refractivity contribution >= 4 is 23.5 Å². The minimum atomic E-state index is -0.810. The average molecular weight is 449 g/mol. The molecule has 140 valence electrons. The maximum atomic E-state index is 11.1. The topological polar surface area (TPSA) is 20.2 Å². The van der Waals surface area contributed by atoms with Gasteiger partial charge in [-0.3, -0.25) is 0 Å². The van der Waals surface area contributed by atoms with Crippen molar-refractivity contribution in [3.8, 4) is 27.6 Å². The lowest BCUT2D eigenvalue weighted by atomic mass is 9.95. The van der Waals surface area contributed by atoms with E-state index in [-0.39, 0.29) is 0 Å². The molecule has 4 aromatic rings. The lowest BCUT2D eigenvalue weighted by molar-refractivity contribution is 0.178. The Kier molecular flexibility index (Phi) is 5.82. The third-order valence-electron chi connectivity index (χ3n) is 4.99. The van der Waals surface area contributed by atoms with Crippen LogP contribution in [0.15, 0.2) is 95.2 Å². The van der Waals surface area contributed by atoms with E-state index in [1.165, 1.54) is 26.2 Å². The first kappa shape index (κ1) is 19.2. The molecule has 2 unspecified atom stereocenters. The second-order valence-electron chi connectivity index (χ2n) is 6.75. The lowest BCUT2D eigenvalue weighted by Gasteiger charge is -2.15. The van der Waals surface area contributed by atoms with Crippen LogP contribution in [-0.2, 0) is 0 Å². The quantitative estimate of drug-likeness (QED) is 0.326. The molecule has 3 heteroatoms. The molecule has 0 aliphatic rings. The molecule has 0 aliphatic carbocycles. The molecular weight excluding hydrogens is 427 g/mol. The molecule has 0 spiro atoms. The highest BCUT2D eigenvalue weighted by Gasteiger charge is 2.28. The van der Waals surface area contributed by atoms with E-state index in [0.717, 1.165) is 10.9 Å². The Morgan fingerprint density at radius 1 is 0.750 bits per heavy atom. The van der Waals surface area contributed by atoms with Crippen molar-refractivity contribution in [3.05, 3.63) is 100 Å². The third kappa shape index (κ3) is 3.49. The van der Waals surface area contributed by atoms with Gasteiger partial charge in [0.15, 0.2) is 0 Å². The summed E-state index contributed by atoms with van der Waals surface area (Å²) >= 11 is 3.98. The van der Waals surface area contributed by atoms with Gasteiger partial charge in [0.05, 0.1) is 10.3 Å². The highest BCUT2D eigenvalue weighted by atomic mass is 79.9. The number of rotatable bonds is 5. The van der Waals surface area contributed by atoms with Crippen molar-refractivity contribution in [3.63, 3.8) is 0 Å². The summed E-state index contributed by atoms with van der Waals surface area (Å²) in [6.07, 6.45) is 0.218. The highest BCUT2D eigenvalue weighted by Crippen LogP contribution is 2.62. The summed E-state index contributed by atoms with van der Waals surface area (Å²) < 4.78 is 1.18. The normalized spacial score (nSPS) is 12.8. The van der Waals surface area contributed by atoms with Crippen LogP contribution >= 0.6 is 23.5 Å². The minimum Gasteiger partial charge on any atom is -0.388 e. The predicted molar refractivity (Wildman–Crippen MR) is 124 cm³/mol. The average Bonchev–Trinajstić information content (AvgIpc) is 3.08. The van der Waals surface area contributed by atoms with E-state index >= 15 is 0 Å². The van der Waals surface area contributed by atoms with Gasteiger partial charge in [-0.05, 0) is 38.8 Å². The number of halogens is 1. The van der Waals surface area contributed by atoms with Crippen LogP contribution in [0.3, 0.4) is 0 Å². The van der Waals surface area contributed by atoms with Crippen LogP contribution < -0.4 is 0 Å². The first-order valence-electron chi connectivity index (χ1n) is 9.50. The monoisotopic (exact) mass is 448 g/mol. The molecule has 0 radical (unpaired) electrons. The van der Waals surface area contributed by atoms with Crippen molar-refractivity contribution in [2.45, 2.75) is 19.4 Å². The van der Waals surface area contributed by atoms with Crippen molar-refractivity contribution in [1.29, 1.82) is 0 Å². The molecule has 1 N–H and O–H groups in total. The maximum Gasteiger partial charge on any atom is 0.0833 e. The van der Waals surface area contributed by atoms with Crippen molar-refractivity contribution in [1.82, 2.24) is 0 Å². The maximum absolute atomic E-state index is 11.1. The first-order valence-corrected chi connectivity index (χ1v) is 11.6. The van der Waals surface area contributed by atoms with Gasteiger partial charge in [-0.2, -0.15) is 0 Å². The molecule has 3 aromatic carbocycles. The zero-order chi connectivity index (χ0) is 19.5. The fourth-order valence-corrected chi connectivity index (χ4v) is 7.88. The van der Waals surface area contributed by atoms with Gasteiger partial charge in [0.25, 0.3) is 0 Å². The van der Waals surface area contributed by atoms with E-state index in [9.17, 15) is 5.11 Å². The molecule has 0 saturated heterocycles. The van der Waals surface area contributed by atoms with Gasteiger partial charge in [0, 0.05) is 16.4 Å². The number of hydrogen-bond acceptors (Lipinski definition) is 1. The molecule has 0 bridgehead atoms. The molecule has 1 heterocycles. The van der Waals surface area contributed by atoms with Crippen LogP contribution in [0.5, 0.6) is 0 Å². The second-order valence-corrected chi connectivity index (χ2v) is 10.3. The number of aliphatic hydroxyl groups excluding tert-OH is 1. The molecular formula is C25H22BrOP. The van der Waals surface area contributed by atoms with Crippen LogP contribution in [0.4, 0.5) is 0 Å². The van der Waals surface area contributed by atoms with Crippen molar-refractivity contribution in [2.24, 2.45) is 0 Å². The Bertz CT molecular complexity index is 1060. The molecule has 1 nitrogen and oxygen atoms in total. The summed E-state index contributed by atoms with van der Waals surface area (Å²) in [7, 11) is -0.810. The number of aliphatic hydroxyl groups is 1. The van der Waals surface area contributed by atoms with E-state index in [4.69, 9.17) is 0 Å². The zero-order valence-electron chi connectivity index (χ0n) is 15.7. The molecule has 0 saturated carbocycles. The van der Waals surface area contributed by atoms with Crippen molar-refractivity contribution < 1.29 is 5.11 Å². The highest BCUT2D eigenvalue weighted by molar-refractivity contribution is 9.11. The van der Waals surface area contributed by atoms with Crippen LogP contribution in [0.25, 0.3) is 27.6 Å². The van der Waals surface area contributed by atoms with E-state index < -0.39 is 13.6 Å². The Balaban J connectivity index is 2.13.